The zero-order chi connectivity index (χ0) is 24.0. The average molecular weight is 445 g/mol. The maximum atomic E-state index is 9.21. The van der Waals surface area contributed by atoms with Crippen molar-refractivity contribution in [1.29, 1.82) is 0 Å². The molecule has 0 aliphatic rings. The number of terminal acetylenes is 2. The number of aliphatic hydroxyl groups is 2. The standard InChI is InChI=1S/C30H36O3/c1-3-27(31)21-17-13-9-5-7-11-15-19-23-29-25-26-30(33-29)24-20-16-12-8-6-10-14-18-22-28(32)4-2/h1-2,17-18,21-22,25-28,31-32H,5-16H2/t27-,28-/m1/s1. The molecule has 0 amide bonds. The van der Waals surface area contributed by atoms with Crippen LogP contribution in [0.15, 0.2) is 40.9 Å². The van der Waals surface area contributed by atoms with Gasteiger partial charge in [0.05, 0.1) is 0 Å². The van der Waals surface area contributed by atoms with Gasteiger partial charge in [-0.1, -0.05) is 61.5 Å². The predicted molar refractivity (Wildman–Crippen MR) is 136 cm³/mol. The van der Waals surface area contributed by atoms with Gasteiger partial charge < -0.3 is 14.6 Å². The Labute approximate surface area is 200 Å². The first-order valence-corrected chi connectivity index (χ1v) is 11.8. The molecule has 0 spiro atoms. The van der Waals surface area contributed by atoms with Crippen LogP contribution in [-0.2, 0) is 0 Å². The van der Waals surface area contributed by atoms with Gasteiger partial charge in [0.2, 0.25) is 0 Å². The molecule has 0 radical (unpaired) electrons. The quantitative estimate of drug-likeness (QED) is 0.218. The summed E-state index contributed by atoms with van der Waals surface area (Å²) in [5.74, 6) is 18.3. The molecule has 2 N–H and O–H groups in total. The lowest BCUT2D eigenvalue weighted by molar-refractivity contribution is 0.280. The molecule has 0 unspecified atom stereocenters. The lowest BCUT2D eigenvalue weighted by Gasteiger charge is -1.97. The van der Waals surface area contributed by atoms with Crippen LogP contribution in [0.25, 0.3) is 0 Å². The average Bonchev–Trinajstić information content (AvgIpc) is 3.28. The molecule has 1 aromatic heterocycles. The molecule has 3 heteroatoms. The van der Waals surface area contributed by atoms with E-state index in [0.717, 1.165) is 77.0 Å². The minimum absolute atomic E-state index is 0.666. The fourth-order valence-corrected chi connectivity index (χ4v) is 2.99. The molecule has 1 heterocycles. The molecule has 2 atom stereocenters. The Balaban J connectivity index is 2.09. The molecule has 174 valence electrons. The highest BCUT2D eigenvalue weighted by atomic mass is 16.3. The van der Waals surface area contributed by atoms with Crippen LogP contribution in [0.3, 0.4) is 0 Å². The van der Waals surface area contributed by atoms with Gasteiger partial charge in [0.1, 0.15) is 12.2 Å². The summed E-state index contributed by atoms with van der Waals surface area (Å²) in [5, 5.41) is 18.4. The molecule has 3 nitrogen and oxygen atoms in total. The van der Waals surface area contributed by atoms with E-state index < -0.39 is 12.2 Å². The minimum atomic E-state index is -0.764. The Hall–Kier alpha value is -3.08. The normalized spacial score (nSPS) is 12.4. The third-order valence-corrected chi connectivity index (χ3v) is 4.85. The van der Waals surface area contributed by atoms with Crippen molar-refractivity contribution in [3.8, 4) is 48.4 Å². The summed E-state index contributed by atoms with van der Waals surface area (Å²) in [6.45, 7) is 0. The van der Waals surface area contributed by atoms with Gasteiger partial charge in [-0.25, -0.2) is 0 Å². The van der Waals surface area contributed by atoms with Crippen molar-refractivity contribution in [3.63, 3.8) is 0 Å². The minimum Gasteiger partial charge on any atom is -0.439 e. The smallest absolute Gasteiger partial charge is 0.178 e. The van der Waals surface area contributed by atoms with E-state index in [0.29, 0.717) is 11.5 Å². The largest absolute Gasteiger partial charge is 0.439 e. The summed E-state index contributed by atoms with van der Waals surface area (Å²) < 4.78 is 5.65. The van der Waals surface area contributed by atoms with Gasteiger partial charge in [-0.15, -0.1) is 12.8 Å². The zero-order valence-corrected chi connectivity index (χ0v) is 19.6. The lowest BCUT2D eigenvalue weighted by atomic mass is 10.1. The highest BCUT2D eigenvalue weighted by molar-refractivity contribution is 5.32. The van der Waals surface area contributed by atoms with Crippen molar-refractivity contribution in [3.05, 3.63) is 48.0 Å². The number of hydrogen-bond donors (Lipinski definition) is 2. The molecule has 0 saturated carbocycles. The summed E-state index contributed by atoms with van der Waals surface area (Å²) in [5.41, 5.74) is 0. The summed E-state index contributed by atoms with van der Waals surface area (Å²) in [6.07, 6.45) is 28.4. The summed E-state index contributed by atoms with van der Waals surface area (Å²) in [6, 6.07) is 3.75. The number of allylic oxidation sites excluding steroid dienone is 2. The third-order valence-electron chi connectivity index (χ3n) is 4.85. The van der Waals surface area contributed by atoms with Crippen LogP contribution in [0, 0.1) is 48.4 Å². The van der Waals surface area contributed by atoms with Crippen molar-refractivity contribution in [2.45, 2.75) is 89.3 Å². The SMILES string of the molecule is C#C[C@@H](O)C=CCCCCCCC#Cc1ccc(C#CCCCCCCC=C[C@H](O)C#C)o1. The van der Waals surface area contributed by atoms with Gasteiger partial charge in [0.25, 0.3) is 0 Å². The lowest BCUT2D eigenvalue weighted by Crippen LogP contribution is -1.95. The highest BCUT2D eigenvalue weighted by Gasteiger charge is 1.96. The second-order valence-corrected chi connectivity index (χ2v) is 7.75. The maximum Gasteiger partial charge on any atom is 0.178 e. The van der Waals surface area contributed by atoms with E-state index in [4.69, 9.17) is 17.3 Å². The molecular formula is C30H36O3. The van der Waals surface area contributed by atoms with Gasteiger partial charge in [-0.3, -0.25) is 0 Å². The topological polar surface area (TPSA) is 53.6 Å². The first kappa shape index (κ1) is 28.0. The van der Waals surface area contributed by atoms with E-state index in [2.05, 4.69) is 35.5 Å². The summed E-state index contributed by atoms with van der Waals surface area (Å²) in [7, 11) is 0. The van der Waals surface area contributed by atoms with Gasteiger partial charge in [0.15, 0.2) is 11.5 Å². The third kappa shape index (κ3) is 16.2. The molecule has 0 aliphatic carbocycles. The van der Waals surface area contributed by atoms with Gasteiger partial charge in [-0.2, -0.15) is 0 Å². The van der Waals surface area contributed by atoms with Crippen LogP contribution in [0.4, 0.5) is 0 Å². The number of rotatable bonds is 14. The predicted octanol–water partition coefficient (Wildman–Crippen LogP) is 5.76. The van der Waals surface area contributed by atoms with E-state index in [1.54, 1.807) is 12.2 Å². The van der Waals surface area contributed by atoms with Gasteiger partial charge >= 0.3 is 0 Å². The number of unbranched alkanes of at least 4 members (excludes halogenated alkanes) is 10. The fraction of sp³-hybridized carbons (Fsp3) is 0.467. The molecule has 0 bridgehead atoms. The van der Waals surface area contributed by atoms with Crippen LogP contribution in [0.2, 0.25) is 0 Å². The Morgan fingerprint density at radius 1 is 0.697 bits per heavy atom. The van der Waals surface area contributed by atoms with E-state index in [1.165, 1.54) is 0 Å². The zero-order valence-electron chi connectivity index (χ0n) is 19.6. The van der Waals surface area contributed by atoms with E-state index in [1.807, 2.05) is 24.3 Å². The van der Waals surface area contributed by atoms with Crippen LogP contribution in [-0.4, -0.2) is 22.4 Å². The Bertz CT molecular complexity index is 837. The number of hydrogen-bond acceptors (Lipinski definition) is 3. The first-order chi connectivity index (χ1) is 16.2. The van der Waals surface area contributed by atoms with Crippen LogP contribution in [0.5, 0.6) is 0 Å². The van der Waals surface area contributed by atoms with Gasteiger partial charge in [0, 0.05) is 12.8 Å². The molecule has 33 heavy (non-hydrogen) atoms. The molecule has 0 fully saturated rings. The van der Waals surface area contributed by atoms with Crippen molar-refractivity contribution in [1.82, 2.24) is 0 Å². The monoisotopic (exact) mass is 444 g/mol. The second-order valence-electron chi connectivity index (χ2n) is 7.75. The van der Waals surface area contributed by atoms with Crippen molar-refractivity contribution < 1.29 is 14.6 Å². The van der Waals surface area contributed by atoms with Crippen LogP contribution < -0.4 is 0 Å². The molecule has 1 aromatic rings. The molecule has 0 aliphatic heterocycles. The van der Waals surface area contributed by atoms with Crippen molar-refractivity contribution >= 4 is 0 Å². The Morgan fingerprint density at radius 3 is 1.55 bits per heavy atom. The van der Waals surface area contributed by atoms with E-state index in [-0.39, 0.29) is 0 Å². The molecule has 0 saturated heterocycles. The Kier molecular flexibility index (Phi) is 16.6. The number of furan rings is 1. The van der Waals surface area contributed by atoms with Crippen LogP contribution in [0.1, 0.15) is 88.6 Å². The maximum absolute atomic E-state index is 9.21. The summed E-state index contributed by atoms with van der Waals surface area (Å²) in [4.78, 5) is 0. The van der Waals surface area contributed by atoms with Gasteiger partial charge in [-0.05, 0) is 74.7 Å². The Morgan fingerprint density at radius 2 is 1.12 bits per heavy atom. The number of aliphatic hydroxyl groups excluding tert-OH is 2. The summed E-state index contributed by atoms with van der Waals surface area (Å²) >= 11 is 0. The molecule has 1 rings (SSSR count). The fourth-order valence-electron chi connectivity index (χ4n) is 2.99. The van der Waals surface area contributed by atoms with Crippen molar-refractivity contribution in [2.75, 3.05) is 0 Å². The molecule has 0 aromatic carbocycles. The molecular weight excluding hydrogens is 408 g/mol. The van der Waals surface area contributed by atoms with E-state index >= 15 is 0 Å². The van der Waals surface area contributed by atoms with Crippen LogP contribution >= 0.6 is 0 Å². The highest BCUT2D eigenvalue weighted by Crippen LogP contribution is 2.09. The van der Waals surface area contributed by atoms with E-state index in [9.17, 15) is 10.2 Å². The first-order valence-electron chi connectivity index (χ1n) is 11.8. The second kappa shape index (κ2) is 19.6. The van der Waals surface area contributed by atoms with Crippen molar-refractivity contribution in [2.24, 2.45) is 0 Å².